The lowest BCUT2D eigenvalue weighted by atomic mass is 10.1. The lowest BCUT2D eigenvalue weighted by Crippen LogP contribution is -2.46. The van der Waals surface area contributed by atoms with Crippen LogP contribution in [0, 0.1) is 0 Å². The lowest BCUT2D eigenvalue weighted by molar-refractivity contribution is 0.241. The average molecular weight is 278 g/mol. The number of pyridine rings is 1. The molecule has 2 atom stereocenters. The van der Waals surface area contributed by atoms with E-state index >= 15 is 0 Å². The van der Waals surface area contributed by atoms with Gasteiger partial charge in [0.25, 0.3) is 0 Å². The number of aromatic nitrogens is 1. The highest BCUT2D eigenvalue weighted by atomic mass is 19.1. The number of piperidine rings is 1. The van der Waals surface area contributed by atoms with Crippen molar-refractivity contribution >= 4 is 11.5 Å². The van der Waals surface area contributed by atoms with Gasteiger partial charge in [0, 0.05) is 19.8 Å². The number of alkyl halides is 1. The van der Waals surface area contributed by atoms with Gasteiger partial charge in [-0.1, -0.05) is 19.9 Å². The SMILES string of the molecule is CC.CN1C=C1c1cccc(NC2CNCCC2F)n1. The van der Waals surface area contributed by atoms with Crippen molar-refractivity contribution in [3.63, 3.8) is 0 Å². The monoisotopic (exact) mass is 278 g/mol. The van der Waals surface area contributed by atoms with Crippen molar-refractivity contribution in [2.75, 3.05) is 25.5 Å². The summed E-state index contributed by atoms with van der Waals surface area (Å²) in [5.74, 6) is 0.741. The van der Waals surface area contributed by atoms with Crippen LogP contribution in [0.4, 0.5) is 10.2 Å². The van der Waals surface area contributed by atoms with Gasteiger partial charge in [0.05, 0.1) is 17.4 Å². The van der Waals surface area contributed by atoms with Crippen molar-refractivity contribution in [2.24, 2.45) is 0 Å². The fourth-order valence-electron chi connectivity index (χ4n) is 2.22. The number of halogens is 1. The summed E-state index contributed by atoms with van der Waals surface area (Å²) in [7, 11) is 1.99. The van der Waals surface area contributed by atoms with Crippen LogP contribution in [0.5, 0.6) is 0 Å². The number of hydrogen-bond donors (Lipinski definition) is 2. The molecule has 2 N–H and O–H groups in total. The average Bonchev–Trinajstić information content (AvgIpc) is 3.21. The van der Waals surface area contributed by atoms with Gasteiger partial charge in [0.15, 0.2) is 0 Å². The van der Waals surface area contributed by atoms with Crippen molar-refractivity contribution in [3.05, 3.63) is 30.1 Å². The Morgan fingerprint density at radius 1 is 1.40 bits per heavy atom. The Morgan fingerprint density at radius 3 is 2.80 bits per heavy atom. The third-order valence-electron chi connectivity index (χ3n) is 3.37. The van der Waals surface area contributed by atoms with Gasteiger partial charge >= 0.3 is 0 Å². The molecule has 20 heavy (non-hydrogen) atoms. The summed E-state index contributed by atoms with van der Waals surface area (Å²) < 4.78 is 13.7. The van der Waals surface area contributed by atoms with Gasteiger partial charge in [-0.05, 0) is 25.1 Å². The number of nitrogens with zero attached hydrogens (tertiary/aromatic N) is 2. The van der Waals surface area contributed by atoms with Crippen LogP contribution in [0.25, 0.3) is 5.70 Å². The van der Waals surface area contributed by atoms with E-state index in [9.17, 15) is 4.39 Å². The van der Waals surface area contributed by atoms with Crippen LogP contribution in [0.3, 0.4) is 0 Å². The molecule has 0 saturated carbocycles. The summed E-state index contributed by atoms with van der Waals surface area (Å²) in [5.41, 5.74) is 2.05. The first kappa shape index (κ1) is 14.8. The van der Waals surface area contributed by atoms with Gasteiger partial charge in [0.2, 0.25) is 0 Å². The minimum atomic E-state index is -0.806. The van der Waals surface area contributed by atoms with Gasteiger partial charge in [0.1, 0.15) is 12.0 Å². The lowest BCUT2D eigenvalue weighted by Gasteiger charge is -2.28. The Balaban J connectivity index is 0.000000704. The second-order valence-corrected chi connectivity index (χ2v) is 4.79. The summed E-state index contributed by atoms with van der Waals surface area (Å²) >= 11 is 0. The maximum Gasteiger partial charge on any atom is 0.127 e. The van der Waals surface area contributed by atoms with E-state index < -0.39 is 6.17 Å². The molecule has 0 spiro atoms. The van der Waals surface area contributed by atoms with Crippen LogP contribution in [-0.4, -0.2) is 42.2 Å². The maximum atomic E-state index is 13.7. The molecule has 3 rings (SSSR count). The Hall–Kier alpha value is -1.62. The fourth-order valence-corrected chi connectivity index (χ4v) is 2.22. The van der Waals surface area contributed by atoms with Crippen molar-refractivity contribution in [3.8, 4) is 0 Å². The van der Waals surface area contributed by atoms with Gasteiger partial charge in [-0.25, -0.2) is 9.37 Å². The minimum Gasteiger partial charge on any atom is -0.363 e. The largest absolute Gasteiger partial charge is 0.363 e. The van der Waals surface area contributed by atoms with Crippen LogP contribution in [0.2, 0.25) is 0 Å². The summed E-state index contributed by atoms with van der Waals surface area (Å²) in [6.07, 6.45) is 1.77. The van der Waals surface area contributed by atoms with Crippen LogP contribution >= 0.6 is 0 Å². The van der Waals surface area contributed by atoms with Crippen molar-refractivity contribution in [2.45, 2.75) is 32.5 Å². The van der Waals surface area contributed by atoms with Gasteiger partial charge < -0.3 is 15.5 Å². The van der Waals surface area contributed by atoms with Gasteiger partial charge in [-0.3, -0.25) is 0 Å². The highest BCUT2D eigenvalue weighted by Gasteiger charge is 2.25. The molecule has 2 unspecified atom stereocenters. The molecule has 5 heteroatoms. The van der Waals surface area contributed by atoms with E-state index in [1.54, 1.807) is 0 Å². The number of nitrogens with one attached hydrogen (secondary N) is 2. The number of rotatable bonds is 3. The van der Waals surface area contributed by atoms with Crippen molar-refractivity contribution < 1.29 is 4.39 Å². The molecule has 2 aliphatic rings. The molecule has 4 nitrogen and oxygen atoms in total. The second-order valence-electron chi connectivity index (χ2n) is 4.79. The van der Waals surface area contributed by atoms with Crippen LogP contribution in [0.1, 0.15) is 26.0 Å². The first-order chi connectivity index (χ1) is 9.74. The van der Waals surface area contributed by atoms with E-state index in [-0.39, 0.29) is 6.04 Å². The molecule has 1 aromatic rings. The summed E-state index contributed by atoms with van der Waals surface area (Å²) in [6, 6.07) is 5.61. The second kappa shape index (κ2) is 6.70. The molecule has 1 saturated heterocycles. The highest BCUT2D eigenvalue weighted by Crippen LogP contribution is 2.28. The minimum absolute atomic E-state index is 0.188. The standard InChI is InChI=1S/C13H17FN4.C2H6/c1-18-8-12(18)10-3-2-4-13(16-10)17-11-7-15-6-5-9(11)14;1-2/h2-4,8-9,11,15H,5-7H2,1H3,(H,16,17);1-2H3. The molecule has 0 bridgehead atoms. The summed E-state index contributed by atoms with van der Waals surface area (Å²) in [6.45, 7) is 5.40. The Morgan fingerprint density at radius 2 is 2.15 bits per heavy atom. The topological polar surface area (TPSA) is 40.0 Å². The van der Waals surface area contributed by atoms with E-state index in [0.29, 0.717) is 13.0 Å². The fraction of sp³-hybridized carbons (Fsp3) is 0.533. The Bertz CT molecular complexity index is 475. The van der Waals surface area contributed by atoms with Crippen molar-refractivity contribution in [1.29, 1.82) is 0 Å². The van der Waals surface area contributed by atoms with E-state index in [2.05, 4.69) is 15.6 Å². The van der Waals surface area contributed by atoms with Gasteiger partial charge in [-0.2, -0.15) is 0 Å². The van der Waals surface area contributed by atoms with Gasteiger partial charge in [-0.15, -0.1) is 0 Å². The quantitative estimate of drug-likeness (QED) is 0.891. The molecule has 0 radical (unpaired) electrons. The molecular formula is C15H23FN4. The molecule has 2 aliphatic heterocycles. The van der Waals surface area contributed by atoms with Crippen LogP contribution in [0.15, 0.2) is 24.4 Å². The molecule has 1 fully saturated rings. The zero-order valence-electron chi connectivity index (χ0n) is 12.4. The van der Waals surface area contributed by atoms with E-state index in [4.69, 9.17) is 0 Å². The first-order valence-electron chi connectivity index (χ1n) is 7.27. The highest BCUT2D eigenvalue weighted by molar-refractivity contribution is 5.72. The summed E-state index contributed by atoms with van der Waals surface area (Å²) in [4.78, 5) is 6.52. The predicted octanol–water partition coefficient (Wildman–Crippen LogP) is 2.46. The maximum absolute atomic E-state index is 13.7. The normalized spacial score (nSPS) is 24.4. The van der Waals surface area contributed by atoms with Crippen LogP contribution in [-0.2, 0) is 0 Å². The van der Waals surface area contributed by atoms with E-state index in [1.807, 2.05) is 50.2 Å². The Labute approximate surface area is 120 Å². The predicted molar refractivity (Wildman–Crippen MR) is 81.1 cm³/mol. The molecule has 0 aliphatic carbocycles. The molecule has 110 valence electrons. The van der Waals surface area contributed by atoms with Crippen LogP contribution < -0.4 is 10.6 Å². The smallest absolute Gasteiger partial charge is 0.127 e. The first-order valence-corrected chi connectivity index (χ1v) is 7.27. The third kappa shape index (κ3) is 3.48. The molecule has 1 aromatic heterocycles. The molecular weight excluding hydrogens is 255 g/mol. The van der Waals surface area contributed by atoms with E-state index in [0.717, 1.165) is 23.8 Å². The number of hydrogen-bond acceptors (Lipinski definition) is 4. The molecule has 0 amide bonds. The zero-order chi connectivity index (χ0) is 14.5. The number of anilines is 1. The third-order valence-corrected chi connectivity index (χ3v) is 3.37. The Kier molecular flexibility index (Phi) is 4.95. The zero-order valence-corrected chi connectivity index (χ0v) is 12.4. The van der Waals surface area contributed by atoms with Crippen molar-refractivity contribution in [1.82, 2.24) is 15.2 Å². The molecule has 0 aromatic carbocycles. The van der Waals surface area contributed by atoms with E-state index in [1.165, 1.54) is 0 Å². The molecule has 3 heterocycles. The summed E-state index contributed by atoms with van der Waals surface area (Å²) in [5, 5.41) is 6.37.